The molecule has 1 aliphatic rings. The van der Waals surface area contributed by atoms with Crippen molar-refractivity contribution < 1.29 is 13.9 Å². The molecule has 0 spiro atoms. The number of carbonyl (C=O) groups is 1. The number of para-hydroxylation sites is 2. The molecule has 26 heavy (non-hydrogen) atoms. The number of nitrogens with one attached hydrogen (secondary N) is 1. The summed E-state index contributed by atoms with van der Waals surface area (Å²) >= 11 is 3.21. The lowest BCUT2D eigenvalue weighted by Crippen LogP contribution is -2.38. The predicted octanol–water partition coefficient (Wildman–Crippen LogP) is 2.98. The number of imidazole rings is 1. The molecule has 1 amide bonds. The van der Waals surface area contributed by atoms with Crippen LogP contribution in [0.1, 0.15) is 10.6 Å². The lowest BCUT2D eigenvalue weighted by molar-refractivity contribution is 0.0366. The van der Waals surface area contributed by atoms with E-state index in [0.717, 1.165) is 50.4 Å². The summed E-state index contributed by atoms with van der Waals surface area (Å²) in [6.07, 6.45) is 0. The Bertz CT molecular complexity index is 914. The van der Waals surface area contributed by atoms with Crippen LogP contribution in [-0.2, 0) is 11.3 Å². The molecule has 0 aliphatic carbocycles. The number of amides is 1. The van der Waals surface area contributed by atoms with Crippen molar-refractivity contribution in [3.8, 4) is 0 Å². The minimum atomic E-state index is -0.321. The molecule has 0 bridgehead atoms. The minimum Gasteiger partial charge on any atom is -0.444 e. The molecule has 8 heteroatoms. The number of morpholine rings is 1. The van der Waals surface area contributed by atoms with Crippen LogP contribution in [0.4, 0.5) is 5.95 Å². The number of fused-ring (bicyclic) bond motifs is 1. The second-order valence-corrected chi connectivity index (χ2v) is 6.87. The zero-order valence-electron chi connectivity index (χ0n) is 14.2. The number of rotatable bonds is 5. The first-order chi connectivity index (χ1) is 12.7. The Balaban J connectivity index is 1.57. The highest BCUT2D eigenvalue weighted by Crippen LogP contribution is 2.21. The van der Waals surface area contributed by atoms with Crippen molar-refractivity contribution in [3.63, 3.8) is 0 Å². The van der Waals surface area contributed by atoms with Gasteiger partial charge >= 0.3 is 0 Å². The van der Waals surface area contributed by atoms with Gasteiger partial charge in [-0.1, -0.05) is 12.1 Å². The zero-order valence-corrected chi connectivity index (χ0v) is 15.7. The Hall–Kier alpha value is -2.16. The van der Waals surface area contributed by atoms with Gasteiger partial charge in [0.15, 0.2) is 10.4 Å². The van der Waals surface area contributed by atoms with E-state index in [1.807, 2.05) is 28.8 Å². The molecule has 0 saturated carbocycles. The normalized spacial score (nSPS) is 15.4. The topological polar surface area (TPSA) is 72.5 Å². The monoisotopic (exact) mass is 418 g/mol. The molecule has 7 nitrogen and oxygen atoms in total. The smallest absolute Gasteiger partial charge is 0.293 e. The van der Waals surface area contributed by atoms with Crippen molar-refractivity contribution in [2.75, 3.05) is 38.2 Å². The maximum atomic E-state index is 12.5. The van der Waals surface area contributed by atoms with Crippen molar-refractivity contribution in [3.05, 3.63) is 46.8 Å². The number of hydrogen-bond donors (Lipinski definition) is 1. The Morgan fingerprint density at radius 2 is 1.96 bits per heavy atom. The number of ether oxygens (including phenoxy) is 1. The van der Waals surface area contributed by atoms with Crippen LogP contribution in [0.5, 0.6) is 0 Å². The van der Waals surface area contributed by atoms with Gasteiger partial charge in [0.05, 0.1) is 24.2 Å². The summed E-state index contributed by atoms with van der Waals surface area (Å²) in [4.78, 5) is 19.4. The van der Waals surface area contributed by atoms with Crippen molar-refractivity contribution in [1.82, 2.24) is 14.5 Å². The van der Waals surface area contributed by atoms with Crippen LogP contribution in [0.25, 0.3) is 11.0 Å². The molecule has 136 valence electrons. The van der Waals surface area contributed by atoms with E-state index >= 15 is 0 Å². The molecule has 0 atom stereocenters. The molecule has 2 aromatic heterocycles. The molecule has 3 aromatic rings. The lowest BCUT2D eigenvalue weighted by Gasteiger charge is -2.26. The van der Waals surface area contributed by atoms with Crippen LogP contribution < -0.4 is 5.32 Å². The molecular weight excluding hydrogens is 400 g/mol. The Labute approximate surface area is 159 Å². The lowest BCUT2D eigenvalue weighted by atomic mass is 10.3. The van der Waals surface area contributed by atoms with Crippen LogP contribution in [-0.4, -0.2) is 53.2 Å². The largest absolute Gasteiger partial charge is 0.444 e. The van der Waals surface area contributed by atoms with Gasteiger partial charge in [-0.25, -0.2) is 4.98 Å². The standard InChI is InChI=1S/C18H19BrN4O3/c19-16-6-5-15(26-16)17(24)21-18-20-13-3-1-2-4-14(13)23(18)8-7-22-9-11-25-12-10-22/h1-6H,7-12H2,(H,20,21,24). The van der Waals surface area contributed by atoms with E-state index in [4.69, 9.17) is 9.15 Å². The van der Waals surface area contributed by atoms with Crippen molar-refractivity contribution in [2.24, 2.45) is 0 Å². The van der Waals surface area contributed by atoms with Crippen LogP contribution in [0, 0.1) is 0 Å². The van der Waals surface area contributed by atoms with Crippen molar-refractivity contribution in [2.45, 2.75) is 6.54 Å². The van der Waals surface area contributed by atoms with Crippen LogP contribution in [0.15, 0.2) is 45.5 Å². The van der Waals surface area contributed by atoms with Crippen LogP contribution in [0.2, 0.25) is 0 Å². The van der Waals surface area contributed by atoms with Gasteiger partial charge < -0.3 is 13.7 Å². The van der Waals surface area contributed by atoms with Gasteiger partial charge in [-0.3, -0.25) is 15.0 Å². The summed E-state index contributed by atoms with van der Waals surface area (Å²) in [7, 11) is 0. The second kappa shape index (κ2) is 7.61. The highest BCUT2D eigenvalue weighted by atomic mass is 79.9. The van der Waals surface area contributed by atoms with Gasteiger partial charge in [-0.05, 0) is 40.2 Å². The minimum absolute atomic E-state index is 0.240. The van der Waals surface area contributed by atoms with Gasteiger partial charge in [0, 0.05) is 26.2 Å². The number of furan rings is 1. The van der Waals surface area contributed by atoms with Gasteiger partial charge in [0.25, 0.3) is 5.91 Å². The van der Waals surface area contributed by atoms with E-state index in [2.05, 4.69) is 31.1 Å². The first-order valence-corrected chi connectivity index (χ1v) is 9.32. The third-order valence-electron chi connectivity index (χ3n) is 4.42. The molecule has 1 saturated heterocycles. The molecule has 0 unspecified atom stereocenters. The number of anilines is 1. The van der Waals surface area contributed by atoms with E-state index in [-0.39, 0.29) is 11.7 Å². The first-order valence-electron chi connectivity index (χ1n) is 8.53. The molecule has 1 aromatic carbocycles. The molecule has 3 heterocycles. The summed E-state index contributed by atoms with van der Waals surface area (Å²) in [5.74, 6) is 0.444. The van der Waals surface area contributed by atoms with Gasteiger partial charge in [-0.2, -0.15) is 0 Å². The molecule has 1 N–H and O–H groups in total. The Kier molecular flexibility index (Phi) is 5.05. The number of aromatic nitrogens is 2. The van der Waals surface area contributed by atoms with Crippen LogP contribution in [0.3, 0.4) is 0 Å². The van der Waals surface area contributed by atoms with Gasteiger partial charge in [0.1, 0.15) is 0 Å². The fourth-order valence-corrected chi connectivity index (χ4v) is 3.37. The van der Waals surface area contributed by atoms with E-state index < -0.39 is 0 Å². The van der Waals surface area contributed by atoms with E-state index in [1.165, 1.54) is 0 Å². The summed E-state index contributed by atoms with van der Waals surface area (Å²) in [5.41, 5.74) is 1.85. The third kappa shape index (κ3) is 3.67. The maximum absolute atomic E-state index is 12.5. The Morgan fingerprint density at radius 3 is 2.73 bits per heavy atom. The summed E-state index contributed by atoms with van der Waals surface area (Å²) in [5, 5.41) is 2.87. The fourth-order valence-electron chi connectivity index (χ4n) is 3.06. The quantitative estimate of drug-likeness (QED) is 0.689. The second-order valence-electron chi connectivity index (χ2n) is 6.09. The molecule has 1 aliphatic heterocycles. The highest BCUT2D eigenvalue weighted by Gasteiger charge is 2.18. The Morgan fingerprint density at radius 1 is 1.15 bits per heavy atom. The van der Waals surface area contributed by atoms with Crippen LogP contribution >= 0.6 is 15.9 Å². The fraction of sp³-hybridized carbons (Fsp3) is 0.333. The predicted molar refractivity (Wildman–Crippen MR) is 101 cm³/mol. The molecule has 1 fully saturated rings. The number of carbonyl (C=O) groups excluding carboxylic acids is 1. The number of nitrogens with zero attached hydrogens (tertiary/aromatic N) is 3. The number of benzene rings is 1. The average Bonchev–Trinajstić information content (AvgIpc) is 3.24. The summed E-state index contributed by atoms with van der Waals surface area (Å²) < 4.78 is 13.3. The first kappa shape index (κ1) is 17.3. The van der Waals surface area contributed by atoms with Crippen molar-refractivity contribution >= 4 is 38.8 Å². The number of halogens is 1. The summed E-state index contributed by atoms with van der Waals surface area (Å²) in [6, 6.07) is 11.2. The zero-order chi connectivity index (χ0) is 17.9. The molecule has 0 radical (unpaired) electrons. The maximum Gasteiger partial charge on any atom is 0.293 e. The van der Waals surface area contributed by atoms with Gasteiger partial charge in [-0.15, -0.1) is 0 Å². The summed E-state index contributed by atoms with van der Waals surface area (Å²) in [6.45, 7) is 4.99. The van der Waals surface area contributed by atoms with Gasteiger partial charge in [0.2, 0.25) is 5.95 Å². The molecular formula is C18H19BrN4O3. The van der Waals surface area contributed by atoms with E-state index in [9.17, 15) is 4.79 Å². The average molecular weight is 419 g/mol. The number of hydrogen-bond acceptors (Lipinski definition) is 5. The van der Waals surface area contributed by atoms with E-state index in [0.29, 0.717) is 10.6 Å². The molecule has 4 rings (SSSR count). The van der Waals surface area contributed by atoms with E-state index in [1.54, 1.807) is 12.1 Å². The SMILES string of the molecule is O=C(Nc1nc2ccccc2n1CCN1CCOCC1)c1ccc(Br)o1. The third-order valence-corrected chi connectivity index (χ3v) is 4.85. The highest BCUT2D eigenvalue weighted by molar-refractivity contribution is 9.10. The van der Waals surface area contributed by atoms with Crippen molar-refractivity contribution in [1.29, 1.82) is 0 Å².